The van der Waals surface area contributed by atoms with Crippen molar-refractivity contribution in [2.45, 2.75) is 19.3 Å². The molecule has 2 aromatic carbocycles. The van der Waals surface area contributed by atoms with Crippen LogP contribution in [0.5, 0.6) is 0 Å². The van der Waals surface area contributed by atoms with E-state index in [0.29, 0.717) is 36.0 Å². The van der Waals surface area contributed by atoms with Crippen molar-refractivity contribution in [3.05, 3.63) is 76.9 Å². The van der Waals surface area contributed by atoms with Crippen LogP contribution in [0.15, 0.2) is 59.1 Å². The van der Waals surface area contributed by atoms with Gasteiger partial charge >= 0.3 is 0 Å². The highest BCUT2D eigenvalue weighted by atomic mass is 35.5. The predicted molar refractivity (Wildman–Crippen MR) is 113 cm³/mol. The summed E-state index contributed by atoms with van der Waals surface area (Å²) in [5, 5.41) is 4.52. The van der Waals surface area contributed by atoms with Gasteiger partial charge in [-0.15, -0.1) is 0 Å². The molecule has 0 bridgehead atoms. The van der Waals surface area contributed by atoms with Gasteiger partial charge in [0.25, 0.3) is 0 Å². The van der Waals surface area contributed by atoms with Crippen molar-refractivity contribution in [2.75, 3.05) is 13.1 Å². The molecule has 1 atom stereocenters. The van der Waals surface area contributed by atoms with E-state index in [-0.39, 0.29) is 23.5 Å². The average molecular weight is 426 g/mol. The number of halogens is 2. The minimum atomic E-state index is -0.385. The molecule has 1 aliphatic heterocycles. The van der Waals surface area contributed by atoms with E-state index in [1.165, 1.54) is 6.07 Å². The molecule has 1 aromatic heterocycles. The molecule has 1 unspecified atom stereocenters. The summed E-state index contributed by atoms with van der Waals surface area (Å²) in [5.41, 5.74) is 1.13. The Morgan fingerprint density at radius 2 is 2.03 bits per heavy atom. The van der Waals surface area contributed by atoms with Gasteiger partial charge in [0.15, 0.2) is 0 Å². The van der Waals surface area contributed by atoms with Gasteiger partial charge in [0.05, 0.1) is 5.56 Å². The smallest absolute Gasteiger partial charge is 0.246 e. The maximum atomic E-state index is 13.9. The fourth-order valence-corrected chi connectivity index (χ4v) is 3.84. The minimum Gasteiger partial charge on any atom is -0.339 e. The van der Waals surface area contributed by atoms with Crippen LogP contribution in [-0.2, 0) is 11.2 Å². The average Bonchev–Trinajstić information content (AvgIpc) is 3.21. The highest BCUT2D eigenvalue weighted by molar-refractivity contribution is 6.32. The Hall–Kier alpha value is -2.99. The molecule has 30 heavy (non-hydrogen) atoms. The molecule has 1 fully saturated rings. The lowest BCUT2D eigenvalue weighted by molar-refractivity contribution is -0.127. The Bertz CT molecular complexity index is 1070. The highest BCUT2D eigenvalue weighted by Gasteiger charge is 2.25. The molecule has 0 aliphatic carbocycles. The third-order valence-corrected chi connectivity index (χ3v) is 5.53. The first-order valence-electron chi connectivity index (χ1n) is 9.89. The number of aromatic nitrogens is 2. The van der Waals surface area contributed by atoms with Gasteiger partial charge in [-0.2, -0.15) is 4.98 Å². The molecule has 2 heterocycles. The van der Waals surface area contributed by atoms with Gasteiger partial charge in [0, 0.05) is 30.6 Å². The van der Waals surface area contributed by atoms with Crippen molar-refractivity contribution >= 4 is 23.6 Å². The largest absolute Gasteiger partial charge is 0.339 e. The maximum absolute atomic E-state index is 13.9. The van der Waals surface area contributed by atoms with Crippen molar-refractivity contribution in [1.29, 1.82) is 0 Å². The second-order valence-corrected chi connectivity index (χ2v) is 7.75. The van der Waals surface area contributed by atoms with E-state index in [4.69, 9.17) is 16.1 Å². The number of amides is 1. The highest BCUT2D eigenvalue weighted by Crippen LogP contribution is 2.24. The van der Waals surface area contributed by atoms with E-state index in [0.717, 1.165) is 18.4 Å². The lowest BCUT2D eigenvalue weighted by Gasteiger charge is -2.31. The molecule has 0 radical (unpaired) electrons. The van der Waals surface area contributed by atoms with Crippen LogP contribution in [0.1, 0.15) is 24.3 Å². The number of rotatable bonds is 5. The SMILES string of the molecule is O=C(/C=C/c1ccccc1Cl)N1CCCC(Cc2nc(-c3ccccc3F)no2)C1. The Kier molecular flexibility index (Phi) is 6.23. The van der Waals surface area contributed by atoms with E-state index in [2.05, 4.69) is 10.1 Å². The van der Waals surface area contributed by atoms with Crippen LogP contribution in [-0.4, -0.2) is 34.0 Å². The molecule has 3 aromatic rings. The van der Waals surface area contributed by atoms with Crippen LogP contribution in [0.3, 0.4) is 0 Å². The number of hydrogen-bond donors (Lipinski definition) is 0. The second-order valence-electron chi connectivity index (χ2n) is 7.34. The molecule has 5 nitrogen and oxygen atoms in total. The van der Waals surface area contributed by atoms with E-state index in [9.17, 15) is 9.18 Å². The molecule has 7 heteroatoms. The first kappa shape index (κ1) is 20.3. The molecule has 1 aliphatic rings. The van der Waals surface area contributed by atoms with E-state index in [1.807, 2.05) is 23.1 Å². The molecule has 154 valence electrons. The van der Waals surface area contributed by atoms with Gasteiger partial charge in [-0.1, -0.05) is 47.1 Å². The monoisotopic (exact) mass is 425 g/mol. The fourth-order valence-electron chi connectivity index (χ4n) is 3.65. The quantitative estimate of drug-likeness (QED) is 0.538. The van der Waals surface area contributed by atoms with E-state index >= 15 is 0 Å². The van der Waals surface area contributed by atoms with Gasteiger partial charge < -0.3 is 9.42 Å². The summed E-state index contributed by atoms with van der Waals surface area (Å²) >= 11 is 6.14. The third-order valence-electron chi connectivity index (χ3n) is 5.19. The van der Waals surface area contributed by atoms with Gasteiger partial charge in [0.2, 0.25) is 17.6 Å². The Balaban J connectivity index is 1.38. The second kappa shape index (κ2) is 9.22. The summed E-state index contributed by atoms with van der Waals surface area (Å²) < 4.78 is 19.3. The zero-order valence-electron chi connectivity index (χ0n) is 16.3. The minimum absolute atomic E-state index is 0.0443. The van der Waals surface area contributed by atoms with Crippen LogP contribution in [0.25, 0.3) is 17.5 Å². The first-order valence-corrected chi connectivity index (χ1v) is 10.3. The zero-order valence-corrected chi connectivity index (χ0v) is 17.1. The summed E-state index contributed by atoms with van der Waals surface area (Å²) in [7, 11) is 0. The molecular formula is C23H21ClFN3O2. The molecule has 0 saturated carbocycles. The van der Waals surface area contributed by atoms with E-state index < -0.39 is 0 Å². The summed E-state index contributed by atoms with van der Waals surface area (Å²) in [6, 6.07) is 13.7. The van der Waals surface area contributed by atoms with Crippen molar-refractivity contribution in [2.24, 2.45) is 5.92 Å². The molecule has 0 spiro atoms. The Morgan fingerprint density at radius 3 is 2.87 bits per heavy atom. The summed E-state index contributed by atoms with van der Waals surface area (Å²) in [4.78, 5) is 18.8. The molecule has 1 amide bonds. The number of likely N-dealkylation sites (tertiary alicyclic amines) is 1. The van der Waals surface area contributed by atoms with Crippen LogP contribution in [0.4, 0.5) is 4.39 Å². The van der Waals surface area contributed by atoms with Crippen LogP contribution in [0.2, 0.25) is 5.02 Å². The zero-order chi connectivity index (χ0) is 20.9. The first-order chi connectivity index (χ1) is 14.6. The molecular weight excluding hydrogens is 405 g/mol. The number of hydrogen-bond acceptors (Lipinski definition) is 4. The van der Waals surface area contributed by atoms with Crippen molar-refractivity contribution < 1.29 is 13.7 Å². The fraction of sp³-hybridized carbons (Fsp3) is 0.261. The predicted octanol–water partition coefficient (Wildman–Crippen LogP) is 5.02. The number of piperidine rings is 1. The van der Waals surface area contributed by atoms with Crippen LogP contribution >= 0.6 is 11.6 Å². The normalized spacial score (nSPS) is 16.9. The molecule has 1 saturated heterocycles. The lowest BCUT2D eigenvalue weighted by Crippen LogP contribution is -2.39. The molecule has 0 N–H and O–H groups in total. The Labute approximate surface area is 179 Å². The standard InChI is InChI=1S/C23H21ClFN3O2/c24-19-9-3-1-7-17(19)11-12-22(29)28-13-5-6-16(15-28)14-21-26-23(27-30-21)18-8-2-4-10-20(18)25/h1-4,7-12,16H,5-6,13-15H2/b12-11+. The van der Waals surface area contributed by atoms with E-state index in [1.54, 1.807) is 36.4 Å². The summed E-state index contributed by atoms with van der Waals surface area (Å²) in [6.07, 6.45) is 5.74. The van der Waals surface area contributed by atoms with Gasteiger partial charge in [0.1, 0.15) is 5.82 Å². The van der Waals surface area contributed by atoms with Crippen molar-refractivity contribution in [3.63, 3.8) is 0 Å². The summed E-state index contributed by atoms with van der Waals surface area (Å²) in [6.45, 7) is 1.33. The third kappa shape index (κ3) is 4.76. The number of nitrogens with zero attached hydrogens (tertiary/aromatic N) is 3. The van der Waals surface area contributed by atoms with Crippen molar-refractivity contribution in [3.8, 4) is 11.4 Å². The van der Waals surface area contributed by atoms with Gasteiger partial charge in [-0.25, -0.2) is 4.39 Å². The van der Waals surface area contributed by atoms with Gasteiger partial charge in [-0.05, 0) is 48.6 Å². The topological polar surface area (TPSA) is 59.2 Å². The summed E-state index contributed by atoms with van der Waals surface area (Å²) in [5.74, 6) is 0.487. The maximum Gasteiger partial charge on any atom is 0.246 e. The van der Waals surface area contributed by atoms with Crippen molar-refractivity contribution in [1.82, 2.24) is 15.0 Å². The molecule has 4 rings (SSSR count). The Morgan fingerprint density at radius 1 is 1.23 bits per heavy atom. The van der Waals surface area contributed by atoms with Gasteiger partial charge in [-0.3, -0.25) is 4.79 Å². The number of carbonyl (C=O) groups is 1. The van der Waals surface area contributed by atoms with Crippen LogP contribution < -0.4 is 0 Å². The van der Waals surface area contributed by atoms with Crippen LogP contribution in [0, 0.1) is 11.7 Å². The number of benzene rings is 2. The number of carbonyl (C=O) groups excluding carboxylic acids is 1. The lowest BCUT2D eigenvalue weighted by atomic mass is 9.94.